The van der Waals surface area contributed by atoms with Crippen LogP contribution in [-0.2, 0) is 11.1 Å². The predicted molar refractivity (Wildman–Crippen MR) is 67.5 cm³/mol. The smallest absolute Gasteiger partial charge is 0.186 e. The van der Waals surface area contributed by atoms with E-state index in [0.717, 1.165) is 16.9 Å². The van der Waals surface area contributed by atoms with Gasteiger partial charge < -0.3 is 9.29 Å². The molecule has 1 atom stereocenters. The molecule has 0 aromatic heterocycles. The van der Waals surface area contributed by atoms with Crippen molar-refractivity contribution in [2.75, 3.05) is 7.11 Å². The molecule has 0 saturated heterocycles. The average Bonchev–Trinajstić information content (AvgIpc) is 2.39. The van der Waals surface area contributed by atoms with Crippen molar-refractivity contribution >= 4 is 11.1 Å². The van der Waals surface area contributed by atoms with Crippen molar-refractivity contribution in [3.8, 4) is 16.9 Å². The van der Waals surface area contributed by atoms with E-state index in [9.17, 15) is 4.21 Å². The molecule has 2 rings (SSSR count). The van der Waals surface area contributed by atoms with Crippen molar-refractivity contribution in [1.29, 1.82) is 0 Å². The molecular formula is C13H12O3S. The van der Waals surface area contributed by atoms with E-state index in [1.165, 1.54) is 0 Å². The van der Waals surface area contributed by atoms with Gasteiger partial charge in [0.05, 0.1) is 12.0 Å². The van der Waals surface area contributed by atoms with Crippen LogP contribution in [0.1, 0.15) is 0 Å². The molecule has 0 heterocycles. The van der Waals surface area contributed by atoms with Crippen LogP contribution in [0, 0.1) is 0 Å². The fraction of sp³-hybridized carbons (Fsp3) is 0.0769. The molecule has 0 amide bonds. The van der Waals surface area contributed by atoms with Gasteiger partial charge in [0.15, 0.2) is 11.1 Å². The lowest BCUT2D eigenvalue weighted by atomic mass is 10.1. The SMILES string of the molecule is COc1cccc(-c2ccc(S(=O)O)cc2)c1. The maximum atomic E-state index is 10.8. The molecule has 2 aromatic rings. The molecule has 4 heteroatoms. The van der Waals surface area contributed by atoms with E-state index in [2.05, 4.69) is 0 Å². The Morgan fingerprint density at radius 2 is 1.76 bits per heavy atom. The van der Waals surface area contributed by atoms with Gasteiger partial charge >= 0.3 is 0 Å². The quantitative estimate of drug-likeness (QED) is 0.849. The zero-order valence-electron chi connectivity index (χ0n) is 9.29. The number of rotatable bonds is 3. The highest BCUT2D eigenvalue weighted by Gasteiger charge is 2.02. The Balaban J connectivity index is 2.36. The summed E-state index contributed by atoms with van der Waals surface area (Å²) in [5.41, 5.74) is 2.00. The van der Waals surface area contributed by atoms with Crippen LogP contribution in [0.3, 0.4) is 0 Å². The minimum absolute atomic E-state index is 0.400. The van der Waals surface area contributed by atoms with Crippen LogP contribution in [0.15, 0.2) is 53.4 Å². The summed E-state index contributed by atoms with van der Waals surface area (Å²) in [5, 5.41) is 0. The van der Waals surface area contributed by atoms with E-state index in [4.69, 9.17) is 9.29 Å². The summed E-state index contributed by atoms with van der Waals surface area (Å²) in [5.74, 6) is 0.789. The first kappa shape index (κ1) is 11.8. The Hall–Kier alpha value is -1.65. The van der Waals surface area contributed by atoms with E-state index in [1.54, 1.807) is 19.2 Å². The summed E-state index contributed by atoms with van der Waals surface area (Å²) in [6.07, 6.45) is 0. The highest BCUT2D eigenvalue weighted by Crippen LogP contribution is 2.24. The standard InChI is InChI=1S/C13H12O3S/c1-16-12-4-2-3-11(9-12)10-5-7-13(8-6-10)17(14)15/h2-9H,1H3,(H,14,15). The van der Waals surface area contributed by atoms with Crippen molar-refractivity contribution in [3.63, 3.8) is 0 Å². The molecule has 3 nitrogen and oxygen atoms in total. The molecule has 0 aliphatic rings. The second kappa shape index (κ2) is 5.12. The van der Waals surface area contributed by atoms with Crippen LogP contribution in [-0.4, -0.2) is 15.9 Å². The second-order valence-corrected chi connectivity index (χ2v) is 4.48. The lowest BCUT2D eigenvalue weighted by Crippen LogP contribution is -1.88. The molecule has 0 radical (unpaired) electrons. The minimum atomic E-state index is -1.92. The lowest BCUT2D eigenvalue weighted by molar-refractivity contribution is 0.415. The van der Waals surface area contributed by atoms with Gasteiger partial charge in [0, 0.05) is 0 Å². The molecule has 0 aliphatic heterocycles. The maximum Gasteiger partial charge on any atom is 0.186 e. The molecule has 2 aromatic carbocycles. The van der Waals surface area contributed by atoms with Gasteiger partial charge in [-0.05, 0) is 35.4 Å². The number of benzene rings is 2. The van der Waals surface area contributed by atoms with Crippen LogP contribution in [0.5, 0.6) is 5.75 Å². The van der Waals surface area contributed by atoms with Gasteiger partial charge in [0.2, 0.25) is 0 Å². The highest BCUT2D eigenvalue weighted by atomic mass is 32.2. The summed E-state index contributed by atoms with van der Waals surface area (Å²) in [7, 11) is 1.62. The zero-order valence-corrected chi connectivity index (χ0v) is 10.1. The van der Waals surface area contributed by atoms with Crippen LogP contribution >= 0.6 is 0 Å². The van der Waals surface area contributed by atoms with Crippen LogP contribution in [0.2, 0.25) is 0 Å². The van der Waals surface area contributed by atoms with Gasteiger partial charge in [-0.2, -0.15) is 0 Å². The van der Waals surface area contributed by atoms with Gasteiger partial charge in [0.1, 0.15) is 5.75 Å². The summed E-state index contributed by atoms with van der Waals surface area (Å²) in [4.78, 5) is 0.400. The fourth-order valence-corrected chi connectivity index (χ4v) is 1.94. The molecule has 1 unspecified atom stereocenters. The first-order valence-electron chi connectivity index (χ1n) is 5.06. The molecule has 1 N–H and O–H groups in total. The van der Waals surface area contributed by atoms with Crippen molar-refractivity contribution in [1.82, 2.24) is 0 Å². The average molecular weight is 248 g/mol. The molecule has 0 aliphatic carbocycles. The molecule has 88 valence electrons. The van der Waals surface area contributed by atoms with E-state index >= 15 is 0 Å². The molecule has 0 spiro atoms. The fourth-order valence-electron chi connectivity index (χ4n) is 1.57. The Labute approximate surface area is 102 Å². The van der Waals surface area contributed by atoms with Crippen molar-refractivity contribution in [3.05, 3.63) is 48.5 Å². The Morgan fingerprint density at radius 3 is 2.35 bits per heavy atom. The van der Waals surface area contributed by atoms with Crippen molar-refractivity contribution < 1.29 is 13.5 Å². The third-order valence-electron chi connectivity index (χ3n) is 2.46. The highest BCUT2D eigenvalue weighted by molar-refractivity contribution is 7.79. The topological polar surface area (TPSA) is 46.5 Å². The Kier molecular flexibility index (Phi) is 3.56. The first-order chi connectivity index (χ1) is 8.20. The number of hydrogen-bond donors (Lipinski definition) is 1. The van der Waals surface area contributed by atoms with E-state index in [0.29, 0.717) is 4.90 Å². The molecular weight excluding hydrogens is 236 g/mol. The van der Waals surface area contributed by atoms with E-state index < -0.39 is 11.1 Å². The molecule has 0 bridgehead atoms. The second-order valence-electron chi connectivity index (χ2n) is 3.51. The molecule has 0 fully saturated rings. The van der Waals surface area contributed by atoms with Crippen molar-refractivity contribution in [2.45, 2.75) is 4.90 Å². The van der Waals surface area contributed by atoms with Crippen LogP contribution in [0.4, 0.5) is 0 Å². The third kappa shape index (κ3) is 2.72. The summed E-state index contributed by atoms with van der Waals surface area (Å²) >= 11 is -1.92. The van der Waals surface area contributed by atoms with Crippen LogP contribution in [0.25, 0.3) is 11.1 Å². The zero-order chi connectivity index (χ0) is 12.3. The maximum absolute atomic E-state index is 10.8. The summed E-state index contributed by atoms with van der Waals surface area (Å²) in [6.45, 7) is 0. The third-order valence-corrected chi connectivity index (χ3v) is 3.13. The molecule has 0 saturated carbocycles. The summed E-state index contributed by atoms with van der Waals surface area (Å²) in [6, 6.07) is 14.6. The van der Waals surface area contributed by atoms with Gasteiger partial charge in [-0.25, -0.2) is 4.21 Å². The van der Waals surface area contributed by atoms with Gasteiger partial charge in [-0.1, -0.05) is 24.3 Å². The Morgan fingerprint density at radius 1 is 1.06 bits per heavy atom. The monoisotopic (exact) mass is 248 g/mol. The van der Waals surface area contributed by atoms with Crippen molar-refractivity contribution in [2.24, 2.45) is 0 Å². The first-order valence-corrected chi connectivity index (χ1v) is 6.17. The normalized spacial score (nSPS) is 12.1. The molecule has 17 heavy (non-hydrogen) atoms. The number of hydrogen-bond acceptors (Lipinski definition) is 2. The van der Waals surface area contributed by atoms with Crippen LogP contribution < -0.4 is 4.74 Å². The van der Waals surface area contributed by atoms with Gasteiger partial charge in [-0.15, -0.1) is 0 Å². The number of ether oxygens (including phenoxy) is 1. The summed E-state index contributed by atoms with van der Waals surface area (Å²) < 4.78 is 24.9. The van der Waals surface area contributed by atoms with E-state index in [-0.39, 0.29) is 0 Å². The van der Waals surface area contributed by atoms with Gasteiger partial charge in [-0.3, -0.25) is 0 Å². The lowest BCUT2D eigenvalue weighted by Gasteiger charge is -2.05. The van der Waals surface area contributed by atoms with E-state index in [1.807, 2.05) is 36.4 Å². The Bertz CT molecular complexity index is 535. The predicted octanol–water partition coefficient (Wildman–Crippen LogP) is 2.94. The minimum Gasteiger partial charge on any atom is -0.497 e. The largest absolute Gasteiger partial charge is 0.497 e. The number of methoxy groups -OCH3 is 1. The van der Waals surface area contributed by atoms with Gasteiger partial charge in [0.25, 0.3) is 0 Å².